The van der Waals surface area contributed by atoms with Crippen LogP contribution in [0.5, 0.6) is 0 Å². The summed E-state index contributed by atoms with van der Waals surface area (Å²) >= 11 is 0. The van der Waals surface area contributed by atoms with Crippen molar-refractivity contribution < 1.29 is 9.63 Å². The Balaban J connectivity index is 4.22. The van der Waals surface area contributed by atoms with Crippen LogP contribution in [0.25, 0.3) is 0 Å². The molecular weight excluding hydrogens is 238 g/mol. The molecule has 0 radical (unpaired) electrons. The van der Waals surface area contributed by atoms with E-state index in [-0.39, 0.29) is 5.97 Å². The highest BCUT2D eigenvalue weighted by atomic mass is 16.7. The normalized spacial score (nSPS) is 11.9. The van der Waals surface area contributed by atoms with Crippen LogP contribution in [0, 0.1) is 0 Å². The summed E-state index contributed by atoms with van der Waals surface area (Å²) in [5.41, 5.74) is 0.707. The van der Waals surface area contributed by atoms with Gasteiger partial charge in [0.2, 0.25) is 0 Å². The van der Waals surface area contributed by atoms with Crippen molar-refractivity contribution in [1.29, 1.82) is 0 Å². The largest absolute Gasteiger partial charge is 0.364 e. The Morgan fingerprint density at radius 3 is 1.95 bits per heavy atom. The zero-order valence-corrected chi connectivity index (χ0v) is 13.2. The first-order valence-corrected chi connectivity index (χ1v) is 7.79. The molecule has 0 rings (SSSR count). The molecule has 0 amide bonds. The summed E-state index contributed by atoms with van der Waals surface area (Å²) in [5, 5.41) is 1.85. The van der Waals surface area contributed by atoms with E-state index in [1.54, 1.807) is 0 Å². The minimum atomic E-state index is -0.199. The molecule has 0 aliphatic heterocycles. The quantitative estimate of drug-likeness (QED) is 0.314. The monoisotopic (exact) mass is 269 g/mol. The van der Waals surface area contributed by atoms with Gasteiger partial charge in [0.25, 0.3) is 0 Å². The Morgan fingerprint density at radius 1 is 1.00 bits per heavy atom. The lowest BCUT2D eigenvalue weighted by Gasteiger charge is -2.21. The number of allylic oxidation sites excluding steroid dienone is 1. The molecule has 0 aliphatic rings. The third-order valence-corrected chi connectivity index (χ3v) is 3.07. The Labute approximate surface area is 119 Å². The highest BCUT2D eigenvalue weighted by molar-refractivity contribution is 5.87. The second-order valence-electron chi connectivity index (χ2n) is 5.02. The van der Waals surface area contributed by atoms with E-state index < -0.39 is 0 Å². The SMILES string of the molecule is CCC=C(C)C(=O)ON(CCCCC)CCCCC. The predicted octanol–water partition coefficient (Wildman–Crippen LogP) is 4.48. The van der Waals surface area contributed by atoms with Gasteiger partial charge in [0.1, 0.15) is 0 Å². The summed E-state index contributed by atoms with van der Waals surface area (Å²) in [4.78, 5) is 17.4. The molecule has 0 bridgehead atoms. The lowest BCUT2D eigenvalue weighted by atomic mass is 10.2. The zero-order valence-electron chi connectivity index (χ0n) is 13.2. The number of hydrogen-bond acceptors (Lipinski definition) is 3. The maximum absolute atomic E-state index is 11.9. The lowest BCUT2D eigenvalue weighted by Crippen LogP contribution is -2.30. The van der Waals surface area contributed by atoms with E-state index in [9.17, 15) is 4.79 Å². The van der Waals surface area contributed by atoms with Crippen LogP contribution in [0.2, 0.25) is 0 Å². The molecule has 0 heterocycles. The maximum Gasteiger partial charge on any atom is 0.352 e. The number of rotatable bonds is 11. The molecule has 0 atom stereocenters. The van der Waals surface area contributed by atoms with Crippen molar-refractivity contribution in [2.75, 3.05) is 13.1 Å². The van der Waals surface area contributed by atoms with Gasteiger partial charge in [-0.1, -0.05) is 52.5 Å². The average Bonchev–Trinajstić information content (AvgIpc) is 2.39. The first-order chi connectivity index (χ1) is 9.15. The summed E-state index contributed by atoms with van der Waals surface area (Å²) in [6, 6.07) is 0. The van der Waals surface area contributed by atoms with E-state index in [0.29, 0.717) is 5.57 Å². The van der Waals surface area contributed by atoms with Crippen LogP contribution in [0.3, 0.4) is 0 Å². The molecule has 0 aromatic heterocycles. The summed E-state index contributed by atoms with van der Waals surface area (Å²) < 4.78 is 0. The molecule has 0 saturated heterocycles. The van der Waals surface area contributed by atoms with Crippen LogP contribution in [-0.2, 0) is 9.63 Å². The Hall–Kier alpha value is -0.830. The van der Waals surface area contributed by atoms with Crippen molar-refractivity contribution in [3.63, 3.8) is 0 Å². The molecule has 0 aromatic carbocycles. The van der Waals surface area contributed by atoms with E-state index >= 15 is 0 Å². The number of carbonyl (C=O) groups is 1. The van der Waals surface area contributed by atoms with Crippen LogP contribution < -0.4 is 0 Å². The van der Waals surface area contributed by atoms with Gasteiger partial charge in [-0.05, 0) is 26.2 Å². The van der Waals surface area contributed by atoms with Crippen LogP contribution >= 0.6 is 0 Å². The van der Waals surface area contributed by atoms with E-state index in [1.807, 2.05) is 25.0 Å². The van der Waals surface area contributed by atoms with Gasteiger partial charge in [-0.15, -0.1) is 5.06 Å². The van der Waals surface area contributed by atoms with Crippen molar-refractivity contribution in [3.05, 3.63) is 11.6 Å². The zero-order chi connectivity index (χ0) is 14.5. The highest BCUT2D eigenvalue weighted by Gasteiger charge is 2.12. The summed E-state index contributed by atoms with van der Waals surface area (Å²) in [5.74, 6) is -0.199. The topological polar surface area (TPSA) is 29.5 Å². The summed E-state index contributed by atoms with van der Waals surface area (Å²) in [7, 11) is 0. The molecule has 0 fully saturated rings. The molecule has 0 spiro atoms. The first kappa shape index (κ1) is 18.2. The minimum Gasteiger partial charge on any atom is -0.364 e. The smallest absolute Gasteiger partial charge is 0.352 e. The molecule has 0 N–H and O–H groups in total. The van der Waals surface area contributed by atoms with Gasteiger partial charge in [-0.3, -0.25) is 0 Å². The highest BCUT2D eigenvalue weighted by Crippen LogP contribution is 2.07. The fourth-order valence-electron chi connectivity index (χ4n) is 1.86. The molecule has 0 aromatic rings. The van der Waals surface area contributed by atoms with Crippen molar-refractivity contribution in [2.24, 2.45) is 0 Å². The first-order valence-electron chi connectivity index (χ1n) is 7.79. The fourth-order valence-corrected chi connectivity index (χ4v) is 1.86. The number of unbranched alkanes of at least 4 members (excludes halogenated alkanes) is 4. The average molecular weight is 269 g/mol. The number of carbonyl (C=O) groups excluding carboxylic acids is 1. The molecule has 3 heteroatoms. The van der Waals surface area contributed by atoms with Crippen LogP contribution in [0.1, 0.15) is 72.6 Å². The Morgan fingerprint density at radius 2 is 1.53 bits per heavy atom. The molecule has 0 unspecified atom stereocenters. The Bertz CT molecular complexity index is 251. The number of nitrogens with zero attached hydrogens (tertiary/aromatic N) is 1. The predicted molar refractivity (Wildman–Crippen MR) is 80.8 cm³/mol. The molecule has 0 saturated carbocycles. The van der Waals surface area contributed by atoms with E-state index in [0.717, 1.165) is 32.4 Å². The van der Waals surface area contributed by atoms with Gasteiger partial charge in [-0.25, -0.2) is 4.79 Å². The molecular formula is C16H31NO2. The van der Waals surface area contributed by atoms with Crippen LogP contribution in [0.15, 0.2) is 11.6 Å². The second-order valence-corrected chi connectivity index (χ2v) is 5.02. The third-order valence-electron chi connectivity index (χ3n) is 3.07. The van der Waals surface area contributed by atoms with Gasteiger partial charge in [-0.2, -0.15) is 0 Å². The maximum atomic E-state index is 11.9. The van der Waals surface area contributed by atoms with E-state index in [4.69, 9.17) is 4.84 Å². The fraction of sp³-hybridized carbons (Fsp3) is 0.812. The van der Waals surface area contributed by atoms with Crippen molar-refractivity contribution in [3.8, 4) is 0 Å². The molecule has 3 nitrogen and oxygen atoms in total. The second kappa shape index (κ2) is 12.2. The van der Waals surface area contributed by atoms with Gasteiger partial charge in [0, 0.05) is 18.7 Å². The van der Waals surface area contributed by atoms with Crippen LogP contribution in [0.4, 0.5) is 0 Å². The third kappa shape index (κ3) is 9.71. The van der Waals surface area contributed by atoms with Gasteiger partial charge in [0.05, 0.1) is 0 Å². The van der Waals surface area contributed by atoms with Gasteiger partial charge >= 0.3 is 5.97 Å². The van der Waals surface area contributed by atoms with Crippen molar-refractivity contribution in [1.82, 2.24) is 5.06 Å². The van der Waals surface area contributed by atoms with E-state index in [1.165, 1.54) is 25.7 Å². The van der Waals surface area contributed by atoms with Gasteiger partial charge < -0.3 is 4.84 Å². The Kier molecular flexibility index (Phi) is 11.7. The lowest BCUT2D eigenvalue weighted by molar-refractivity contribution is -0.186. The van der Waals surface area contributed by atoms with Crippen LogP contribution in [-0.4, -0.2) is 24.1 Å². The minimum absolute atomic E-state index is 0.199. The standard InChI is InChI=1S/C16H31NO2/c1-5-8-10-13-17(14-11-9-6-2)19-16(18)15(4)12-7-3/h12H,5-11,13-14H2,1-4H3. The summed E-state index contributed by atoms with van der Waals surface area (Å²) in [6.45, 7) is 9.91. The van der Waals surface area contributed by atoms with Crippen molar-refractivity contribution in [2.45, 2.75) is 72.6 Å². The number of hydrogen-bond donors (Lipinski definition) is 0. The van der Waals surface area contributed by atoms with Crippen molar-refractivity contribution >= 4 is 5.97 Å². The van der Waals surface area contributed by atoms with Gasteiger partial charge in [0.15, 0.2) is 0 Å². The molecule has 112 valence electrons. The summed E-state index contributed by atoms with van der Waals surface area (Å²) in [6.07, 6.45) is 9.71. The number of hydroxylamine groups is 2. The van der Waals surface area contributed by atoms with E-state index in [2.05, 4.69) is 13.8 Å². The molecule has 0 aliphatic carbocycles. The molecule has 19 heavy (non-hydrogen) atoms.